The maximum absolute atomic E-state index is 2.43. The van der Waals surface area contributed by atoms with Crippen molar-refractivity contribution in [3.05, 3.63) is 60.4 Å². The molecule has 0 heterocycles. The molecule has 25 heavy (non-hydrogen) atoms. The zero-order chi connectivity index (χ0) is 15.4. The molecule has 2 fully saturated rings. The van der Waals surface area contributed by atoms with Gasteiger partial charge in [0.15, 0.2) is 0 Å². The molecule has 136 valence electrons. The van der Waals surface area contributed by atoms with Crippen LogP contribution in [-0.2, 0) is 26.2 Å². The van der Waals surface area contributed by atoms with Crippen molar-refractivity contribution in [2.75, 3.05) is 0 Å². The van der Waals surface area contributed by atoms with E-state index < -0.39 is 0 Å². The Morgan fingerprint density at radius 3 is 1.56 bits per heavy atom. The molecule has 2 saturated carbocycles. The third-order valence-corrected chi connectivity index (χ3v) is 5.42. The Labute approximate surface area is 186 Å². The third-order valence-electron chi connectivity index (χ3n) is 5.42. The van der Waals surface area contributed by atoms with Gasteiger partial charge in [-0.15, -0.1) is 24.3 Å². The van der Waals surface area contributed by atoms with Crippen molar-refractivity contribution in [1.29, 1.82) is 0 Å². The van der Waals surface area contributed by atoms with Crippen molar-refractivity contribution >= 4 is 0 Å². The third kappa shape index (κ3) is 7.36. The topological polar surface area (TPSA) is 0 Å². The fraction of sp³-hybridized carbons (Fsp3) is 0.545. The van der Waals surface area contributed by atoms with Crippen LogP contribution in [0.4, 0.5) is 0 Å². The molecule has 0 saturated heterocycles. The van der Waals surface area contributed by atoms with Crippen LogP contribution in [0.3, 0.4) is 0 Å². The van der Waals surface area contributed by atoms with E-state index in [0.717, 1.165) is 23.7 Å². The summed E-state index contributed by atoms with van der Waals surface area (Å²) in [6, 6.07) is 0. The Balaban J connectivity index is 0.000000411. The SMILES string of the molecule is CC1[CH-]C2=CC=CCCC2C1.CC1[CH-]C2=CC=CCCC2C1.[Cl-].[Cl-].[Zr+4]. The van der Waals surface area contributed by atoms with Gasteiger partial charge in [0.05, 0.1) is 0 Å². The van der Waals surface area contributed by atoms with Gasteiger partial charge in [-0.1, -0.05) is 38.5 Å². The summed E-state index contributed by atoms with van der Waals surface area (Å²) < 4.78 is 0. The second-order valence-corrected chi connectivity index (χ2v) is 7.50. The van der Waals surface area contributed by atoms with Crippen LogP contribution in [-0.4, -0.2) is 0 Å². The molecule has 0 aromatic heterocycles. The summed E-state index contributed by atoms with van der Waals surface area (Å²) in [5.41, 5.74) is 3.18. The van der Waals surface area contributed by atoms with Crippen molar-refractivity contribution in [2.45, 2.75) is 52.4 Å². The van der Waals surface area contributed by atoms with E-state index in [-0.39, 0.29) is 51.0 Å². The predicted molar refractivity (Wildman–Crippen MR) is 96.1 cm³/mol. The van der Waals surface area contributed by atoms with Gasteiger partial charge in [0.2, 0.25) is 0 Å². The predicted octanol–water partition coefficient (Wildman–Crippen LogP) is 0.252. The second-order valence-electron chi connectivity index (χ2n) is 7.50. The molecule has 0 spiro atoms. The van der Waals surface area contributed by atoms with E-state index in [1.54, 1.807) is 11.1 Å². The van der Waals surface area contributed by atoms with Crippen LogP contribution in [0, 0.1) is 36.5 Å². The first-order valence-electron chi connectivity index (χ1n) is 9.15. The summed E-state index contributed by atoms with van der Waals surface area (Å²) in [6.07, 6.45) is 26.5. The minimum atomic E-state index is 0. The summed E-state index contributed by atoms with van der Waals surface area (Å²) in [7, 11) is 0. The summed E-state index contributed by atoms with van der Waals surface area (Å²) in [5.74, 6) is 3.38. The minimum Gasteiger partial charge on any atom is -1.00 e. The van der Waals surface area contributed by atoms with Gasteiger partial charge >= 0.3 is 26.2 Å². The van der Waals surface area contributed by atoms with E-state index in [0.29, 0.717) is 0 Å². The van der Waals surface area contributed by atoms with Crippen LogP contribution in [0.5, 0.6) is 0 Å². The van der Waals surface area contributed by atoms with E-state index in [2.05, 4.69) is 63.1 Å². The standard InChI is InChI=1S/2C11H15.2ClH.Zr/c2*1-9-7-10-5-3-2-4-6-11(10)8-9;;;/h2*2-3,5,7,9,11H,4,6,8H2,1H3;2*1H;/q2*-1;;;+4/p-2. The van der Waals surface area contributed by atoms with Crippen LogP contribution >= 0.6 is 0 Å². The molecule has 0 N–H and O–H groups in total. The molecule has 4 aliphatic rings. The summed E-state index contributed by atoms with van der Waals surface area (Å²) in [6.45, 7) is 4.64. The molecule has 0 nitrogen and oxygen atoms in total. The van der Waals surface area contributed by atoms with Crippen LogP contribution in [0.1, 0.15) is 52.4 Å². The van der Waals surface area contributed by atoms with Gasteiger partial charge in [-0.2, -0.15) is 0 Å². The molecule has 4 aliphatic carbocycles. The van der Waals surface area contributed by atoms with E-state index in [9.17, 15) is 0 Å². The molecular weight excluding hydrogens is 426 g/mol. The Morgan fingerprint density at radius 1 is 0.760 bits per heavy atom. The molecular formula is C22H30Cl2Zr. The van der Waals surface area contributed by atoms with E-state index in [1.807, 2.05) is 0 Å². The van der Waals surface area contributed by atoms with Crippen molar-refractivity contribution < 1.29 is 51.0 Å². The quantitative estimate of drug-likeness (QED) is 0.459. The van der Waals surface area contributed by atoms with Gasteiger partial charge in [-0.05, 0) is 37.5 Å². The average Bonchev–Trinajstić information content (AvgIpc) is 2.83. The van der Waals surface area contributed by atoms with Crippen molar-refractivity contribution in [3.63, 3.8) is 0 Å². The van der Waals surface area contributed by atoms with Gasteiger partial charge in [-0.3, -0.25) is 0 Å². The summed E-state index contributed by atoms with van der Waals surface area (Å²) in [5, 5.41) is 0. The molecule has 4 rings (SSSR count). The van der Waals surface area contributed by atoms with Crippen molar-refractivity contribution in [1.82, 2.24) is 0 Å². The first-order chi connectivity index (χ1) is 10.7. The van der Waals surface area contributed by atoms with Crippen molar-refractivity contribution in [2.24, 2.45) is 23.7 Å². The molecule has 0 aliphatic heterocycles. The van der Waals surface area contributed by atoms with E-state index >= 15 is 0 Å². The molecule has 0 radical (unpaired) electrons. The molecule has 0 aromatic rings. The maximum Gasteiger partial charge on any atom is 4.00 e. The van der Waals surface area contributed by atoms with Crippen LogP contribution in [0.15, 0.2) is 47.6 Å². The zero-order valence-corrected chi connectivity index (χ0v) is 19.4. The van der Waals surface area contributed by atoms with Gasteiger partial charge in [0.25, 0.3) is 0 Å². The fourth-order valence-corrected chi connectivity index (χ4v) is 4.33. The minimum absolute atomic E-state index is 0. The molecule has 0 bridgehead atoms. The van der Waals surface area contributed by atoms with Gasteiger partial charge in [0.1, 0.15) is 0 Å². The number of allylic oxidation sites excluding steroid dienone is 8. The molecule has 4 atom stereocenters. The summed E-state index contributed by atoms with van der Waals surface area (Å²) >= 11 is 0. The Hall–Kier alpha value is 0.163. The fourth-order valence-electron chi connectivity index (χ4n) is 4.33. The molecule has 0 amide bonds. The molecule has 3 heteroatoms. The van der Waals surface area contributed by atoms with Gasteiger partial charge in [0, 0.05) is 0 Å². The first kappa shape index (κ1) is 25.2. The first-order valence-corrected chi connectivity index (χ1v) is 9.15. The molecule has 0 aromatic carbocycles. The molecule has 4 unspecified atom stereocenters. The number of fused-ring (bicyclic) bond motifs is 2. The van der Waals surface area contributed by atoms with E-state index in [4.69, 9.17) is 0 Å². The zero-order valence-electron chi connectivity index (χ0n) is 15.4. The monoisotopic (exact) mass is 454 g/mol. The Kier molecular flexibility index (Phi) is 12.6. The van der Waals surface area contributed by atoms with E-state index in [1.165, 1.54) is 38.5 Å². The largest absolute Gasteiger partial charge is 4.00 e. The van der Waals surface area contributed by atoms with Crippen LogP contribution in [0.2, 0.25) is 0 Å². The maximum atomic E-state index is 2.43. The second kappa shape index (κ2) is 12.5. The number of hydrogen-bond donors (Lipinski definition) is 0. The summed E-state index contributed by atoms with van der Waals surface area (Å²) in [4.78, 5) is 0. The average molecular weight is 457 g/mol. The van der Waals surface area contributed by atoms with Crippen molar-refractivity contribution in [3.8, 4) is 0 Å². The normalized spacial score (nSPS) is 31.3. The van der Waals surface area contributed by atoms with Gasteiger partial charge in [-0.25, -0.2) is 36.1 Å². The van der Waals surface area contributed by atoms with Crippen LogP contribution in [0.25, 0.3) is 0 Å². The number of hydrogen-bond acceptors (Lipinski definition) is 0. The van der Waals surface area contributed by atoms with Gasteiger partial charge < -0.3 is 24.8 Å². The number of halogens is 2. The van der Waals surface area contributed by atoms with Crippen LogP contribution < -0.4 is 24.8 Å². The smallest absolute Gasteiger partial charge is 1.00 e. The Bertz CT molecular complexity index is 458. The Morgan fingerprint density at radius 2 is 1.16 bits per heavy atom. The number of rotatable bonds is 0.